The highest BCUT2D eigenvalue weighted by Crippen LogP contribution is 2.22. The first-order valence-electron chi connectivity index (χ1n) is 10.3. The number of rotatable bonds is 7. The zero-order chi connectivity index (χ0) is 24.4. The van der Waals surface area contributed by atoms with Gasteiger partial charge in [-0.2, -0.15) is 4.98 Å². The summed E-state index contributed by atoms with van der Waals surface area (Å²) in [7, 11) is -3.90. The van der Waals surface area contributed by atoms with Crippen LogP contribution in [0.2, 0.25) is 0 Å². The van der Waals surface area contributed by atoms with Crippen LogP contribution in [0.4, 0.5) is 14.5 Å². The van der Waals surface area contributed by atoms with E-state index >= 15 is 0 Å². The predicted molar refractivity (Wildman–Crippen MR) is 124 cm³/mol. The van der Waals surface area contributed by atoms with Gasteiger partial charge in [-0.3, -0.25) is 4.72 Å². The van der Waals surface area contributed by atoms with Crippen molar-refractivity contribution in [3.8, 4) is 23.0 Å². The van der Waals surface area contributed by atoms with Crippen molar-refractivity contribution in [3.63, 3.8) is 0 Å². The molecular formula is C24H17F2N5O3S. The third kappa shape index (κ3) is 5.09. The molecule has 0 spiro atoms. The van der Waals surface area contributed by atoms with Crippen molar-refractivity contribution in [2.45, 2.75) is 11.4 Å². The van der Waals surface area contributed by atoms with Crippen LogP contribution in [0.5, 0.6) is 0 Å². The van der Waals surface area contributed by atoms with Crippen molar-refractivity contribution in [1.29, 1.82) is 0 Å². The summed E-state index contributed by atoms with van der Waals surface area (Å²) < 4.78 is 60.9. The molecule has 5 aromatic rings. The molecule has 0 atom stereocenters. The molecule has 0 aliphatic heterocycles. The Morgan fingerprint density at radius 2 is 1.71 bits per heavy atom. The number of hydrogen-bond donors (Lipinski definition) is 1. The summed E-state index contributed by atoms with van der Waals surface area (Å²) in [6, 6.07) is 17.3. The number of anilines is 1. The molecule has 0 saturated carbocycles. The van der Waals surface area contributed by atoms with Crippen LogP contribution in [0.25, 0.3) is 23.0 Å². The molecule has 35 heavy (non-hydrogen) atoms. The maximum Gasteiger partial charge on any atom is 0.278 e. The van der Waals surface area contributed by atoms with Crippen LogP contribution < -0.4 is 4.72 Å². The number of aromatic nitrogens is 4. The minimum atomic E-state index is -3.90. The van der Waals surface area contributed by atoms with Crippen LogP contribution in [0, 0.1) is 11.6 Å². The van der Waals surface area contributed by atoms with Gasteiger partial charge in [0.15, 0.2) is 0 Å². The average Bonchev–Trinajstić information content (AvgIpc) is 3.51. The summed E-state index contributed by atoms with van der Waals surface area (Å²) in [6.07, 6.45) is 3.35. The third-order valence-corrected chi connectivity index (χ3v) is 6.44. The second-order valence-electron chi connectivity index (χ2n) is 7.62. The van der Waals surface area contributed by atoms with Gasteiger partial charge in [-0.05, 0) is 60.2 Å². The molecular weight excluding hydrogens is 476 g/mol. The summed E-state index contributed by atoms with van der Waals surface area (Å²) in [4.78, 5) is 8.45. The Morgan fingerprint density at radius 3 is 2.46 bits per heavy atom. The van der Waals surface area contributed by atoms with Crippen LogP contribution in [0.1, 0.15) is 5.56 Å². The molecule has 8 nitrogen and oxygen atoms in total. The molecule has 0 amide bonds. The van der Waals surface area contributed by atoms with E-state index in [1.165, 1.54) is 30.3 Å². The fraction of sp³-hybridized carbons (Fsp3) is 0.0417. The highest BCUT2D eigenvalue weighted by Gasteiger charge is 2.15. The van der Waals surface area contributed by atoms with Crippen molar-refractivity contribution in [3.05, 3.63) is 103 Å². The Balaban J connectivity index is 1.26. The van der Waals surface area contributed by atoms with Gasteiger partial charge in [0.2, 0.25) is 5.82 Å². The molecule has 0 unspecified atom stereocenters. The Labute approximate surface area is 198 Å². The lowest BCUT2D eigenvalue weighted by Crippen LogP contribution is -2.13. The Hall–Kier alpha value is -4.38. The van der Waals surface area contributed by atoms with E-state index < -0.39 is 15.8 Å². The molecule has 0 saturated heterocycles. The van der Waals surface area contributed by atoms with E-state index in [1.807, 2.05) is 4.57 Å². The molecule has 0 aliphatic carbocycles. The van der Waals surface area contributed by atoms with Crippen LogP contribution in [0.3, 0.4) is 0 Å². The van der Waals surface area contributed by atoms with Crippen molar-refractivity contribution in [2.24, 2.45) is 0 Å². The van der Waals surface area contributed by atoms with Gasteiger partial charge in [0.1, 0.15) is 17.3 Å². The van der Waals surface area contributed by atoms with E-state index in [0.29, 0.717) is 29.3 Å². The number of hydrogen-bond acceptors (Lipinski definition) is 6. The van der Waals surface area contributed by atoms with Crippen molar-refractivity contribution >= 4 is 15.7 Å². The second kappa shape index (κ2) is 9.11. The molecule has 0 aliphatic rings. The first-order valence-corrected chi connectivity index (χ1v) is 11.8. The number of sulfonamides is 1. The molecule has 3 aromatic carbocycles. The van der Waals surface area contributed by atoms with E-state index in [4.69, 9.17) is 4.52 Å². The Bertz CT molecular complexity index is 1580. The minimum Gasteiger partial charge on any atom is -0.332 e. The van der Waals surface area contributed by atoms with E-state index in [1.54, 1.807) is 48.9 Å². The van der Waals surface area contributed by atoms with E-state index in [9.17, 15) is 17.2 Å². The maximum absolute atomic E-state index is 13.4. The van der Waals surface area contributed by atoms with Gasteiger partial charge in [-0.25, -0.2) is 22.2 Å². The van der Waals surface area contributed by atoms with Crippen molar-refractivity contribution in [1.82, 2.24) is 19.7 Å². The largest absolute Gasteiger partial charge is 0.332 e. The summed E-state index contributed by atoms with van der Waals surface area (Å²) in [5.41, 5.74) is 2.34. The summed E-state index contributed by atoms with van der Waals surface area (Å²) in [6.45, 7) is 0.461. The predicted octanol–water partition coefficient (Wildman–Crippen LogP) is 4.73. The Morgan fingerprint density at radius 1 is 0.943 bits per heavy atom. The molecule has 0 radical (unpaired) electrons. The first-order chi connectivity index (χ1) is 16.9. The monoisotopic (exact) mass is 493 g/mol. The fourth-order valence-electron chi connectivity index (χ4n) is 3.34. The molecule has 1 N–H and O–H groups in total. The molecule has 2 aromatic heterocycles. The van der Waals surface area contributed by atoms with Gasteiger partial charge in [0.25, 0.3) is 15.9 Å². The fourth-order valence-corrected chi connectivity index (χ4v) is 4.43. The summed E-state index contributed by atoms with van der Waals surface area (Å²) in [5, 5.41) is 3.92. The third-order valence-electron chi connectivity index (χ3n) is 5.06. The molecule has 0 fully saturated rings. The zero-order valence-corrected chi connectivity index (χ0v) is 18.8. The highest BCUT2D eigenvalue weighted by molar-refractivity contribution is 7.92. The van der Waals surface area contributed by atoms with Crippen molar-refractivity contribution in [2.75, 3.05) is 4.72 Å². The van der Waals surface area contributed by atoms with Gasteiger partial charge in [-0.15, -0.1) is 0 Å². The number of halogens is 2. The normalized spacial score (nSPS) is 11.5. The molecule has 2 heterocycles. The van der Waals surface area contributed by atoms with E-state index in [2.05, 4.69) is 19.8 Å². The minimum absolute atomic E-state index is 0.156. The average molecular weight is 493 g/mol. The highest BCUT2D eigenvalue weighted by atomic mass is 32.2. The van der Waals surface area contributed by atoms with E-state index in [0.717, 1.165) is 11.6 Å². The topological polar surface area (TPSA) is 103 Å². The smallest absolute Gasteiger partial charge is 0.278 e. The first kappa shape index (κ1) is 22.4. The van der Waals surface area contributed by atoms with Crippen LogP contribution >= 0.6 is 0 Å². The standard InChI is InChI=1S/C24H17F2N5O3S/c25-18-8-6-17(7-9-18)23-28-24(34-29-23)22-14-31(15-27-22)13-16-4-10-20(11-5-16)30-35(32,33)21-3-1-2-19(26)12-21/h1-12,14-15,30H,13H2. The quantitative estimate of drug-likeness (QED) is 0.352. The van der Waals surface area contributed by atoms with E-state index in [-0.39, 0.29) is 16.6 Å². The van der Waals surface area contributed by atoms with Gasteiger partial charge < -0.3 is 9.09 Å². The van der Waals surface area contributed by atoms with Gasteiger partial charge >= 0.3 is 0 Å². The Kier molecular flexibility index (Phi) is 5.83. The van der Waals surface area contributed by atoms with Crippen LogP contribution in [0.15, 0.2) is 94.7 Å². The summed E-state index contributed by atoms with van der Waals surface area (Å²) >= 11 is 0. The number of benzene rings is 3. The molecule has 11 heteroatoms. The van der Waals surface area contributed by atoms with Gasteiger partial charge in [-0.1, -0.05) is 23.4 Å². The second-order valence-corrected chi connectivity index (χ2v) is 9.30. The maximum atomic E-state index is 13.4. The number of imidazole rings is 1. The lowest BCUT2D eigenvalue weighted by Gasteiger charge is -2.09. The van der Waals surface area contributed by atoms with Gasteiger partial charge in [0, 0.05) is 24.0 Å². The van der Waals surface area contributed by atoms with Crippen LogP contribution in [-0.4, -0.2) is 28.1 Å². The molecule has 5 rings (SSSR count). The SMILES string of the molecule is O=S(=O)(Nc1ccc(Cn2cnc(-c3nc(-c4ccc(F)cc4)no3)c2)cc1)c1cccc(F)c1. The van der Waals surface area contributed by atoms with Crippen LogP contribution in [-0.2, 0) is 16.6 Å². The number of nitrogens with one attached hydrogen (secondary N) is 1. The van der Waals surface area contributed by atoms with Gasteiger partial charge in [0.05, 0.1) is 11.2 Å². The van der Waals surface area contributed by atoms with Crippen molar-refractivity contribution < 1.29 is 21.7 Å². The molecule has 0 bridgehead atoms. The zero-order valence-electron chi connectivity index (χ0n) is 18.0. The lowest BCUT2D eigenvalue weighted by molar-refractivity contribution is 0.431. The molecule has 176 valence electrons. The number of nitrogens with zero attached hydrogens (tertiary/aromatic N) is 4. The lowest BCUT2D eigenvalue weighted by atomic mass is 10.2. The summed E-state index contributed by atoms with van der Waals surface area (Å²) in [5.74, 6) is -0.431.